The number of nitrogens with one attached hydrogen (secondary N) is 2. The highest BCUT2D eigenvalue weighted by molar-refractivity contribution is 7.09. The summed E-state index contributed by atoms with van der Waals surface area (Å²) in [5.41, 5.74) is 1.32. The van der Waals surface area contributed by atoms with Gasteiger partial charge in [0.25, 0.3) is 5.91 Å². The van der Waals surface area contributed by atoms with Gasteiger partial charge in [-0.2, -0.15) is 5.10 Å². The van der Waals surface area contributed by atoms with Crippen LogP contribution in [0, 0.1) is 0 Å². The molecule has 154 valence electrons. The summed E-state index contributed by atoms with van der Waals surface area (Å²) in [4.78, 5) is 22.3. The Bertz CT molecular complexity index is 1110. The lowest BCUT2D eigenvalue weighted by Crippen LogP contribution is -2.27. The number of anilines is 1. The van der Waals surface area contributed by atoms with E-state index in [1.54, 1.807) is 46.5 Å². The molecule has 0 bridgehead atoms. The molecule has 3 aromatic heterocycles. The molecule has 0 fully saturated rings. The number of hydrogen-bond donors (Lipinski definition) is 2. The fourth-order valence-electron chi connectivity index (χ4n) is 3.03. The van der Waals surface area contributed by atoms with Crippen LogP contribution < -0.4 is 15.4 Å². The lowest BCUT2D eigenvalue weighted by atomic mass is 10.2. The van der Waals surface area contributed by atoms with Gasteiger partial charge in [0.05, 0.1) is 31.3 Å². The SMILES string of the molecule is CCOc1ccc(C(=O)NCCn2ncc3c(NCc4cccs4)ncnc32)cc1. The van der Waals surface area contributed by atoms with Crippen molar-refractivity contribution in [2.24, 2.45) is 0 Å². The Kier molecular flexibility index (Phi) is 6.19. The van der Waals surface area contributed by atoms with E-state index in [-0.39, 0.29) is 5.91 Å². The van der Waals surface area contributed by atoms with Crippen LogP contribution in [0.15, 0.2) is 54.3 Å². The predicted octanol–water partition coefficient (Wildman–Crippen LogP) is 3.33. The van der Waals surface area contributed by atoms with Gasteiger partial charge in [0.15, 0.2) is 5.65 Å². The van der Waals surface area contributed by atoms with Crippen molar-refractivity contribution in [3.05, 3.63) is 64.7 Å². The van der Waals surface area contributed by atoms with Crippen LogP contribution in [-0.2, 0) is 13.1 Å². The topological polar surface area (TPSA) is 94.0 Å². The molecule has 0 saturated carbocycles. The molecule has 4 rings (SSSR count). The number of carbonyl (C=O) groups excluding carboxylic acids is 1. The van der Waals surface area contributed by atoms with Gasteiger partial charge in [0, 0.05) is 17.0 Å². The molecule has 0 aliphatic heterocycles. The van der Waals surface area contributed by atoms with Gasteiger partial charge < -0.3 is 15.4 Å². The van der Waals surface area contributed by atoms with Crippen LogP contribution >= 0.6 is 11.3 Å². The second-order valence-electron chi connectivity index (χ2n) is 6.47. The molecule has 4 aromatic rings. The van der Waals surface area contributed by atoms with Crippen molar-refractivity contribution in [2.75, 3.05) is 18.5 Å². The quantitative estimate of drug-likeness (QED) is 0.430. The van der Waals surface area contributed by atoms with Crippen LogP contribution in [-0.4, -0.2) is 38.8 Å². The van der Waals surface area contributed by atoms with Crippen LogP contribution in [0.1, 0.15) is 22.2 Å². The second-order valence-corrected chi connectivity index (χ2v) is 7.51. The number of rotatable bonds is 9. The maximum Gasteiger partial charge on any atom is 0.251 e. The van der Waals surface area contributed by atoms with Crippen LogP contribution in [0.5, 0.6) is 5.75 Å². The van der Waals surface area contributed by atoms with Crippen molar-refractivity contribution in [2.45, 2.75) is 20.0 Å². The Hall–Kier alpha value is -3.46. The maximum absolute atomic E-state index is 12.3. The highest BCUT2D eigenvalue weighted by Crippen LogP contribution is 2.20. The highest BCUT2D eigenvalue weighted by Gasteiger charge is 2.11. The number of nitrogens with zero attached hydrogens (tertiary/aromatic N) is 4. The Morgan fingerprint density at radius 3 is 2.83 bits per heavy atom. The minimum Gasteiger partial charge on any atom is -0.494 e. The molecule has 30 heavy (non-hydrogen) atoms. The van der Waals surface area contributed by atoms with Crippen LogP contribution in [0.4, 0.5) is 5.82 Å². The lowest BCUT2D eigenvalue weighted by molar-refractivity contribution is 0.0952. The van der Waals surface area contributed by atoms with Gasteiger partial charge >= 0.3 is 0 Å². The molecule has 3 heterocycles. The van der Waals surface area contributed by atoms with Gasteiger partial charge in [-0.05, 0) is 42.6 Å². The standard InChI is InChI=1S/C21H22N6O2S/c1-2-29-16-7-5-15(6-8-16)21(28)22-9-10-27-20-18(13-26-27)19(24-14-25-20)23-12-17-4-3-11-30-17/h3-8,11,13-14H,2,9-10,12H2,1H3,(H,22,28)(H,23,24,25). The van der Waals surface area contributed by atoms with E-state index in [1.807, 2.05) is 18.4 Å². The second kappa shape index (κ2) is 9.36. The maximum atomic E-state index is 12.3. The summed E-state index contributed by atoms with van der Waals surface area (Å²) >= 11 is 1.69. The van der Waals surface area contributed by atoms with Gasteiger partial charge in [0.2, 0.25) is 0 Å². The number of fused-ring (bicyclic) bond motifs is 1. The molecule has 0 atom stereocenters. The van der Waals surface area contributed by atoms with Gasteiger partial charge in [-0.25, -0.2) is 14.6 Å². The minimum absolute atomic E-state index is 0.137. The van der Waals surface area contributed by atoms with Crippen molar-refractivity contribution >= 4 is 34.1 Å². The van der Waals surface area contributed by atoms with Crippen molar-refractivity contribution in [1.82, 2.24) is 25.1 Å². The van der Waals surface area contributed by atoms with Crippen LogP contribution in [0.2, 0.25) is 0 Å². The van der Waals surface area contributed by atoms with E-state index >= 15 is 0 Å². The van der Waals surface area contributed by atoms with Crippen molar-refractivity contribution in [1.29, 1.82) is 0 Å². The van der Waals surface area contributed by atoms with Gasteiger partial charge in [0.1, 0.15) is 17.9 Å². The third-order valence-corrected chi connectivity index (χ3v) is 5.36. The first-order valence-corrected chi connectivity index (χ1v) is 10.6. The van der Waals surface area contributed by atoms with E-state index in [0.29, 0.717) is 31.8 Å². The number of benzene rings is 1. The number of amides is 1. The zero-order valence-electron chi connectivity index (χ0n) is 16.5. The smallest absolute Gasteiger partial charge is 0.251 e. The Morgan fingerprint density at radius 1 is 1.20 bits per heavy atom. The summed E-state index contributed by atoms with van der Waals surface area (Å²) in [6, 6.07) is 11.2. The van der Waals surface area contributed by atoms with Crippen molar-refractivity contribution in [3.63, 3.8) is 0 Å². The van der Waals surface area contributed by atoms with E-state index in [1.165, 1.54) is 11.2 Å². The number of thiophene rings is 1. The summed E-state index contributed by atoms with van der Waals surface area (Å²) in [6.45, 7) is 4.16. The molecule has 0 spiro atoms. The lowest BCUT2D eigenvalue weighted by Gasteiger charge is -2.08. The molecule has 8 nitrogen and oxygen atoms in total. The summed E-state index contributed by atoms with van der Waals surface area (Å²) in [6.07, 6.45) is 3.27. The number of ether oxygens (including phenoxy) is 1. The first-order valence-electron chi connectivity index (χ1n) is 9.68. The van der Waals surface area contributed by atoms with Crippen molar-refractivity contribution in [3.8, 4) is 5.75 Å². The number of aromatic nitrogens is 4. The number of hydrogen-bond acceptors (Lipinski definition) is 7. The largest absolute Gasteiger partial charge is 0.494 e. The highest BCUT2D eigenvalue weighted by atomic mass is 32.1. The van der Waals surface area contributed by atoms with Gasteiger partial charge in [-0.1, -0.05) is 6.07 Å². The molecule has 1 amide bonds. The van der Waals surface area contributed by atoms with E-state index in [2.05, 4.69) is 31.8 Å². The van der Waals surface area contributed by atoms with Crippen LogP contribution in [0.3, 0.4) is 0 Å². The Balaban J connectivity index is 1.36. The van der Waals surface area contributed by atoms with Crippen molar-refractivity contribution < 1.29 is 9.53 Å². The van der Waals surface area contributed by atoms with E-state index in [9.17, 15) is 4.79 Å². The zero-order valence-corrected chi connectivity index (χ0v) is 17.4. The molecular weight excluding hydrogens is 400 g/mol. The molecule has 0 radical (unpaired) electrons. The third-order valence-electron chi connectivity index (χ3n) is 4.48. The molecule has 0 aliphatic carbocycles. The molecule has 0 unspecified atom stereocenters. The Morgan fingerprint density at radius 2 is 2.07 bits per heavy atom. The van der Waals surface area contributed by atoms with Gasteiger partial charge in [-0.3, -0.25) is 4.79 Å². The molecule has 9 heteroatoms. The molecule has 0 aliphatic rings. The normalized spacial score (nSPS) is 10.8. The number of carbonyl (C=O) groups is 1. The summed E-state index contributed by atoms with van der Waals surface area (Å²) in [5, 5.41) is 13.6. The Labute approximate surface area is 177 Å². The average Bonchev–Trinajstić information content (AvgIpc) is 3.43. The minimum atomic E-state index is -0.137. The molecular formula is C21H22N6O2S. The fraction of sp³-hybridized carbons (Fsp3) is 0.238. The first-order chi connectivity index (χ1) is 14.7. The first kappa shape index (κ1) is 19.8. The predicted molar refractivity (Wildman–Crippen MR) is 117 cm³/mol. The average molecular weight is 423 g/mol. The summed E-state index contributed by atoms with van der Waals surface area (Å²) in [5.74, 6) is 1.36. The monoisotopic (exact) mass is 422 g/mol. The summed E-state index contributed by atoms with van der Waals surface area (Å²) < 4.78 is 7.17. The zero-order chi connectivity index (χ0) is 20.8. The van der Waals surface area contributed by atoms with E-state index < -0.39 is 0 Å². The third kappa shape index (κ3) is 4.57. The fourth-order valence-corrected chi connectivity index (χ4v) is 3.67. The molecule has 1 aromatic carbocycles. The van der Waals surface area contributed by atoms with E-state index in [0.717, 1.165) is 22.6 Å². The van der Waals surface area contributed by atoms with Crippen LogP contribution in [0.25, 0.3) is 11.0 Å². The molecule has 0 saturated heterocycles. The molecule has 2 N–H and O–H groups in total. The van der Waals surface area contributed by atoms with E-state index in [4.69, 9.17) is 4.74 Å². The summed E-state index contributed by atoms with van der Waals surface area (Å²) in [7, 11) is 0. The van der Waals surface area contributed by atoms with Gasteiger partial charge in [-0.15, -0.1) is 11.3 Å².